The Bertz CT molecular complexity index is 1160. The average Bonchev–Trinajstić information content (AvgIpc) is 2.81. The van der Waals surface area contributed by atoms with Crippen molar-refractivity contribution >= 4 is 67.9 Å². The Morgan fingerprint density at radius 1 is 0.943 bits per heavy atom. The van der Waals surface area contributed by atoms with Crippen LogP contribution < -0.4 is 15.6 Å². The third kappa shape index (κ3) is 9.97. The lowest BCUT2D eigenvalue weighted by atomic mass is 10.2. The molecule has 0 bridgehead atoms. The molecular weight excluding hydrogens is 600 g/mol. The van der Waals surface area contributed by atoms with E-state index in [9.17, 15) is 9.59 Å². The first kappa shape index (κ1) is 26.5. The summed E-state index contributed by atoms with van der Waals surface area (Å²) >= 11 is 7.88. The minimum Gasteiger partial charge on any atom is -0.467 e. The third-order valence-electron chi connectivity index (χ3n) is 4.00. The lowest BCUT2D eigenvalue weighted by Crippen LogP contribution is -2.25. The summed E-state index contributed by atoms with van der Waals surface area (Å²) in [5.41, 5.74) is 7.17. The first-order valence-corrected chi connectivity index (χ1v) is 12.7. The molecule has 0 radical (unpaired) electrons. The Balaban J connectivity index is 1.44. The monoisotopic (exact) mass is 618 g/mol. The van der Waals surface area contributed by atoms with E-state index in [1.165, 1.54) is 6.21 Å². The predicted octanol–water partition coefficient (Wildman–Crippen LogP) is 4.08. The number of benzene rings is 2. The highest BCUT2D eigenvalue weighted by molar-refractivity contribution is 9.10. The standard InChI is InChI=1S/C23H20Br2N6O3S/c1-15-8-22(34-13-20(32)30-26-11-16-4-2-6-18(24)9-16)29-23(28-15)35-14-21(33)31-27-12-17-5-3-7-19(25)10-17/h2-12H,13-14H2,1H3,(H,30,32)(H,31,33)/b26-11+,27-12+. The van der Waals surface area contributed by atoms with Gasteiger partial charge in [0.15, 0.2) is 11.8 Å². The quantitative estimate of drug-likeness (QED) is 0.153. The molecule has 0 aliphatic carbocycles. The molecule has 1 aromatic heterocycles. The Hall–Kier alpha value is -3.09. The first-order chi connectivity index (χ1) is 16.9. The summed E-state index contributed by atoms with van der Waals surface area (Å²) < 4.78 is 7.29. The van der Waals surface area contributed by atoms with E-state index in [0.717, 1.165) is 31.8 Å². The van der Waals surface area contributed by atoms with Crippen molar-refractivity contribution in [1.82, 2.24) is 20.8 Å². The highest BCUT2D eigenvalue weighted by Crippen LogP contribution is 2.18. The maximum absolute atomic E-state index is 12.1. The summed E-state index contributed by atoms with van der Waals surface area (Å²) in [6.07, 6.45) is 3.08. The molecule has 180 valence electrons. The van der Waals surface area contributed by atoms with Crippen LogP contribution in [0.1, 0.15) is 16.8 Å². The normalized spacial score (nSPS) is 11.1. The number of amides is 2. The number of aryl methyl sites for hydroxylation is 1. The topological polar surface area (TPSA) is 118 Å². The first-order valence-electron chi connectivity index (χ1n) is 10.1. The minimum atomic E-state index is -0.440. The summed E-state index contributed by atoms with van der Waals surface area (Å²) in [6.45, 7) is 1.49. The van der Waals surface area contributed by atoms with Crippen LogP contribution in [0.4, 0.5) is 0 Å². The molecule has 0 saturated heterocycles. The number of carbonyl (C=O) groups excluding carboxylic acids is 2. The Kier molecular flexibility index (Phi) is 10.4. The van der Waals surface area contributed by atoms with Gasteiger partial charge >= 0.3 is 0 Å². The molecule has 0 saturated carbocycles. The van der Waals surface area contributed by atoms with Crippen molar-refractivity contribution in [2.75, 3.05) is 12.4 Å². The largest absolute Gasteiger partial charge is 0.467 e. The highest BCUT2D eigenvalue weighted by atomic mass is 79.9. The van der Waals surface area contributed by atoms with Crippen LogP contribution in [0.25, 0.3) is 0 Å². The fraction of sp³-hybridized carbons (Fsp3) is 0.130. The van der Waals surface area contributed by atoms with Gasteiger partial charge in [0.2, 0.25) is 5.88 Å². The maximum atomic E-state index is 12.1. The summed E-state index contributed by atoms with van der Waals surface area (Å²) in [5, 5.41) is 8.20. The number of nitrogens with zero attached hydrogens (tertiary/aromatic N) is 4. The van der Waals surface area contributed by atoms with Crippen LogP contribution in [-0.4, -0.2) is 46.6 Å². The summed E-state index contributed by atoms with van der Waals surface area (Å²) in [6, 6.07) is 16.6. The van der Waals surface area contributed by atoms with Crippen molar-refractivity contribution in [3.8, 4) is 5.88 Å². The van der Waals surface area contributed by atoms with Gasteiger partial charge in [-0.3, -0.25) is 9.59 Å². The van der Waals surface area contributed by atoms with Crippen LogP contribution in [0.2, 0.25) is 0 Å². The number of halogens is 2. The van der Waals surface area contributed by atoms with Crippen LogP contribution >= 0.6 is 43.6 Å². The second kappa shape index (κ2) is 13.7. The SMILES string of the molecule is Cc1cc(OCC(=O)N/N=C/c2cccc(Br)c2)nc(SCC(=O)N/N=C/c2cccc(Br)c2)n1. The molecule has 0 unspecified atom stereocenters. The molecule has 2 amide bonds. The van der Waals surface area contributed by atoms with Crippen molar-refractivity contribution in [3.05, 3.63) is 80.4 Å². The van der Waals surface area contributed by atoms with Crippen LogP contribution in [-0.2, 0) is 9.59 Å². The molecule has 3 aromatic rings. The van der Waals surface area contributed by atoms with E-state index >= 15 is 0 Å². The summed E-state index contributed by atoms with van der Waals surface area (Å²) in [4.78, 5) is 32.6. The minimum absolute atomic E-state index is 0.0590. The van der Waals surface area contributed by atoms with Gasteiger partial charge in [0.1, 0.15) is 0 Å². The molecule has 0 aliphatic heterocycles. The van der Waals surface area contributed by atoms with Crippen molar-refractivity contribution < 1.29 is 14.3 Å². The maximum Gasteiger partial charge on any atom is 0.278 e. The molecular formula is C23H20Br2N6O3S. The Labute approximate surface area is 223 Å². The lowest BCUT2D eigenvalue weighted by Gasteiger charge is -2.07. The smallest absolute Gasteiger partial charge is 0.278 e. The number of thioether (sulfide) groups is 1. The zero-order valence-corrected chi connectivity index (χ0v) is 22.4. The van der Waals surface area contributed by atoms with Gasteiger partial charge in [-0.05, 0) is 42.3 Å². The Morgan fingerprint density at radius 3 is 2.14 bits per heavy atom. The van der Waals surface area contributed by atoms with Crippen LogP contribution in [0.5, 0.6) is 5.88 Å². The molecule has 2 N–H and O–H groups in total. The fourth-order valence-electron chi connectivity index (χ4n) is 2.52. The van der Waals surface area contributed by atoms with E-state index in [1.807, 2.05) is 48.5 Å². The van der Waals surface area contributed by atoms with E-state index in [2.05, 4.69) is 62.9 Å². The van der Waals surface area contributed by atoms with E-state index in [4.69, 9.17) is 4.74 Å². The van der Waals surface area contributed by atoms with E-state index in [0.29, 0.717) is 10.9 Å². The van der Waals surface area contributed by atoms with Gasteiger partial charge in [-0.2, -0.15) is 15.2 Å². The van der Waals surface area contributed by atoms with Gasteiger partial charge in [0, 0.05) is 20.7 Å². The molecule has 12 heteroatoms. The third-order valence-corrected chi connectivity index (χ3v) is 5.83. The molecule has 3 rings (SSSR count). The highest BCUT2D eigenvalue weighted by Gasteiger charge is 2.09. The molecule has 0 fully saturated rings. The van der Waals surface area contributed by atoms with Crippen LogP contribution in [0.15, 0.2) is 78.9 Å². The number of hydrazone groups is 2. The van der Waals surface area contributed by atoms with Gasteiger partial charge in [0.25, 0.3) is 11.8 Å². The number of carbonyl (C=O) groups is 2. The number of hydrogen-bond acceptors (Lipinski definition) is 8. The van der Waals surface area contributed by atoms with Gasteiger partial charge in [-0.15, -0.1) is 0 Å². The van der Waals surface area contributed by atoms with Crippen LogP contribution in [0.3, 0.4) is 0 Å². The average molecular weight is 620 g/mol. The van der Waals surface area contributed by atoms with Crippen molar-refractivity contribution in [1.29, 1.82) is 0 Å². The zero-order valence-electron chi connectivity index (χ0n) is 18.4. The summed E-state index contributed by atoms with van der Waals surface area (Å²) in [5.74, 6) is -0.469. The number of ether oxygens (including phenoxy) is 1. The molecule has 9 nitrogen and oxygen atoms in total. The van der Waals surface area contributed by atoms with E-state index < -0.39 is 5.91 Å². The second-order valence-corrected chi connectivity index (χ2v) is 9.68. The van der Waals surface area contributed by atoms with Crippen LogP contribution in [0, 0.1) is 6.92 Å². The van der Waals surface area contributed by atoms with Crippen molar-refractivity contribution in [3.63, 3.8) is 0 Å². The Morgan fingerprint density at radius 2 is 1.54 bits per heavy atom. The van der Waals surface area contributed by atoms with Gasteiger partial charge in [-0.1, -0.05) is 67.9 Å². The number of rotatable bonds is 10. The molecule has 35 heavy (non-hydrogen) atoms. The van der Waals surface area contributed by atoms with Crippen molar-refractivity contribution in [2.24, 2.45) is 10.2 Å². The molecule has 0 aliphatic rings. The van der Waals surface area contributed by atoms with Gasteiger partial charge in [-0.25, -0.2) is 15.8 Å². The van der Waals surface area contributed by atoms with Crippen molar-refractivity contribution in [2.45, 2.75) is 12.1 Å². The number of hydrogen-bond donors (Lipinski definition) is 2. The number of aromatic nitrogens is 2. The van der Waals surface area contributed by atoms with Gasteiger partial charge in [0.05, 0.1) is 18.2 Å². The lowest BCUT2D eigenvalue weighted by molar-refractivity contribution is -0.123. The molecule has 1 heterocycles. The van der Waals surface area contributed by atoms with E-state index in [-0.39, 0.29) is 24.1 Å². The predicted molar refractivity (Wildman–Crippen MR) is 143 cm³/mol. The van der Waals surface area contributed by atoms with E-state index in [1.54, 1.807) is 19.2 Å². The number of nitrogens with one attached hydrogen (secondary N) is 2. The molecule has 0 spiro atoms. The molecule has 2 aromatic carbocycles. The van der Waals surface area contributed by atoms with Gasteiger partial charge < -0.3 is 4.74 Å². The fourth-order valence-corrected chi connectivity index (χ4v) is 4.04. The zero-order chi connectivity index (χ0) is 25.0. The summed E-state index contributed by atoms with van der Waals surface area (Å²) in [7, 11) is 0. The second-order valence-electron chi connectivity index (χ2n) is 6.90. The molecule has 0 atom stereocenters.